The van der Waals surface area contributed by atoms with Gasteiger partial charge in [-0.15, -0.1) is 0 Å². The summed E-state index contributed by atoms with van der Waals surface area (Å²) in [6, 6.07) is 18.2. The molecule has 0 fully saturated rings. The molecule has 4 rings (SSSR count). The molecule has 0 saturated carbocycles. The molecule has 0 radical (unpaired) electrons. The van der Waals surface area contributed by atoms with Gasteiger partial charge in [-0.05, 0) is 24.1 Å². The molecule has 1 amide bonds. The summed E-state index contributed by atoms with van der Waals surface area (Å²) in [4.78, 5) is 19.0. The Morgan fingerprint density at radius 2 is 1.77 bits per heavy atom. The second-order valence-electron chi connectivity index (χ2n) is 5.58. The minimum atomic E-state index is 0.151. The SMILES string of the molecule is O=C(CCc1ccccc1)N1CCn2c1nc1ccccc12. The molecule has 3 aromatic rings. The highest BCUT2D eigenvalue weighted by Crippen LogP contribution is 2.27. The van der Waals surface area contributed by atoms with E-state index in [-0.39, 0.29) is 5.91 Å². The molecule has 0 aliphatic carbocycles. The number of benzene rings is 2. The number of carbonyl (C=O) groups excluding carboxylic acids is 1. The van der Waals surface area contributed by atoms with Gasteiger partial charge in [-0.25, -0.2) is 4.98 Å². The first-order valence-corrected chi connectivity index (χ1v) is 7.62. The van der Waals surface area contributed by atoms with E-state index in [0.29, 0.717) is 6.42 Å². The number of aromatic nitrogens is 2. The summed E-state index contributed by atoms with van der Waals surface area (Å²) in [5.74, 6) is 0.942. The van der Waals surface area contributed by atoms with Crippen LogP contribution in [0.2, 0.25) is 0 Å². The summed E-state index contributed by atoms with van der Waals surface area (Å²) in [5, 5.41) is 0. The van der Waals surface area contributed by atoms with Crippen molar-refractivity contribution in [1.29, 1.82) is 0 Å². The predicted octanol–water partition coefficient (Wildman–Crippen LogP) is 3.02. The summed E-state index contributed by atoms with van der Waals surface area (Å²) < 4.78 is 2.13. The van der Waals surface area contributed by atoms with E-state index in [1.807, 2.05) is 41.3 Å². The summed E-state index contributed by atoms with van der Waals surface area (Å²) in [6.07, 6.45) is 1.30. The highest BCUT2D eigenvalue weighted by atomic mass is 16.2. The van der Waals surface area contributed by atoms with Crippen molar-refractivity contribution in [3.05, 3.63) is 60.2 Å². The van der Waals surface area contributed by atoms with E-state index in [2.05, 4.69) is 27.8 Å². The van der Waals surface area contributed by atoms with Crippen molar-refractivity contribution < 1.29 is 4.79 Å². The van der Waals surface area contributed by atoms with Crippen molar-refractivity contribution in [2.24, 2.45) is 0 Å². The Hall–Kier alpha value is -2.62. The number of aryl methyl sites for hydroxylation is 1. The lowest BCUT2D eigenvalue weighted by Crippen LogP contribution is -2.29. The first-order valence-electron chi connectivity index (χ1n) is 7.62. The van der Waals surface area contributed by atoms with E-state index in [1.54, 1.807) is 0 Å². The standard InChI is InChI=1S/C18H17N3O/c22-17(11-10-14-6-2-1-3-7-14)21-13-12-20-16-9-5-4-8-15(16)19-18(20)21/h1-9H,10-13H2. The van der Waals surface area contributed by atoms with E-state index in [9.17, 15) is 4.79 Å². The van der Waals surface area contributed by atoms with Crippen LogP contribution in [0.5, 0.6) is 0 Å². The topological polar surface area (TPSA) is 38.1 Å². The zero-order chi connectivity index (χ0) is 14.9. The maximum Gasteiger partial charge on any atom is 0.229 e. The smallest absolute Gasteiger partial charge is 0.229 e. The molecule has 2 heterocycles. The lowest BCUT2D eigenvalue weighted by atomic mass is 10.1. The van der Waals surface area contributed by atoms with E-state index in [1.165, 1.54) is 5.56 Å². The number of rotatable bonds is 3. The Morgan fingerprint density at radius 3 is 2.64 bits per heavy atom. The van der Waals surface area contributed by atoms with Crippen molar-refractivity contribution >= 4 is 22.9 Å². The molecule has 110 valence electrons. The van der Waals surface area contributed by atoms with Crippen LogP contribution in [0.25, 0.3) is 11.0 Å². The summed E-state index contributed by atoms with van der Waals surface area (Å²) >= 11 is 0. The molecule has 4 nitrogen and oxygen atoms in total. The first kappa shape index (κ1) is 13.1. The van der Waals surface area contributed by atoms with Crippen LogP contribution in [0.4, 0.5) is 5.95 Å². The number of para-hydroxylation sites is 2. The minimum Gasteiger partial charge on any atom is -0.308 e. The number of fused-ring (bicyclic) bond motifs is 3. The Labute approximate surface area is 129 Å². The number of amides is 1. The van der Waals surface area contributed by atoms with Crippen molar-refractivity contribution in [2.45, 2.75) is 19.4 Å². The minimum absolute atomic E-state index is 0.151. The van der Waals surface area contributed by atoms with Crippen LogP contribution in [0.1, 0.15) is 12.0 Å². The molecule has 0 atom stereocenters. The normalized spacial score (nSPS) is 13.5. The number of imidazole rings is 1. The van der Waals surface area contributed by atoms with Gasteiger partial charge >= 0.3 is 0 Å². The van der Waals surface area contributed by atoms with Gasteiger partial charge in [0.2, 0.25) is 11.9 Å². The van der Waals surface area contributed by atoms with Crippen LogP contribution < -0.4 is 4.90 Å². The Morgan fingerprint density at radius 1 is 1.00 bits per heavy atom. The third-order valence-corrected chi connectivity index (χ3v) is 4.19. The van der Waals surface area contributed by atoms with E-state index >= 15 is 0 Å². The van der Waals surface area contributed by atoms with Crippen LogP contribution in [0, 0.1) is 0 Å². The van der Waals surface area contributed by atoms with Gasteiger partial charge in [-0.3, -0.25) is 9.69 Å². The molecule has 0 saturated heterocycles. The van der Waals surface area contributed by atoms with Crippen molar-refractivity contribution in [3.63, 3.8) is 0 Å². The van der Waals surface area contributed by atoms with Crippen LogP contribution in [-0.2, 0) is 17.8 Å². The average molecular weight is 291 g/mol. The maximum atomic E-state index is 12.5. The van der Waals surface area contributed by atoms with Gasteiger partial charge < -0.3 is 4.57 Å². The quantitative estimate of drug-likeness (QED) is 0.744. The van der Waals surface area contributed by atoms with Gasteiger partial charge in [0.25, 0.3) is 0 Å². The van der Waals surface area contributed by atoms with Gasteiger partial charge in [0.05, 0.1) is 11.0 Å². The van der Waals surface area contributed by atoms with Crippen LogP contribution in [0.15, 0.2) is 54.6 Å². The molecule has 0 N–H and O–H groups in total. The third-order valence-electron chi connectivity index (χ3n) is 4.19. The fourth-order valence-corrected chi connectivity index (χ4v) is 3.06. The fourth-order valence-electron chi connectivity index (χ4n) is 3.06. The van der Waals surface area contributed by atoms with Gasteiger partial charge in [-0.1, -0.05) is 42.5 Å². The zero-order valence-corrected chi connectivity index (χ0v) is 12.3. The third kappa shape index (κ3) is 2.17. The first-order chi connectivity index (χ1) is 10.8. The molecule has 0 bridgehead atoms. The number of anilines is 1. The zero-order valence-electron chi connectivity index (χ0n) is 12.3. The Kier molecular flexibility index (Phi) is 3.15. The Bertz CT molecular complexity index is 823. The van der Waals surface area contributed by atoms with E-state index in [4.69, 9.17) is 0 Å². The van der Waals surface area contributed by atoms with Crippen molar-refractivity contribution in [3.8, 4) is 0 Å². The summed E-state index contributed by atoms with van der Waals surface area (Å²) in [5.41, 5.74) is 3.26. The second kappa shape index (κ2) is 5.30. The lowest BCUT2D eigenvalue weighted by molar-refractivity contribution is -0.118. The molecule has 1 aliphatic heterocycles. The second-order valence-corrected chi connectivity index (χ2v) is 5.58. The van der Waals surface area contributed by atoms with Crippen molar-refractivity contribution in [2.75, 3.05) is 11.4 Å². The predicted molar refractivity (Wildman–Crippen MR) is 86.8 cm³/mol. The molecule has 1 aromatic heterocycles. The number of hydrogen-bond acceptors (Lipinski definition) is 2. The molecule has 1 aliphatic rings. The molecular formula is C18H17N3O. The fraction of sp³-hybridized carbons (Fsp3) is 0.222. The van der Waals surface area contributed by atoms with Gasteiger partial charge in [0.15, 0.2) is 0 Å². The van der Waals surface area contributed by atoms with Crippen molar-refractivity contribution in [1.82, 2.24) is 9.55 Å². The average Bonchev–Trinajstić information content (AvgIpc) is 3.12. The molecular weight excluding hydrogens is 274 g/mol. The van der Waals surface area contributed by atoms with Gasteiger partial charge in [0.1, 0.15) is 0 Å². The summed E-state index contributed by atoms with van der Waals surface area (Å²) in [6.45, 7) is 1.55. The highest BCUT2D eigenvalue weighted by molar-refractivity contribution is 5.95. The Balaban J connectivity index is 1.54. The highest BCUT2D eigenvalue weighted by Gasteiger charge is 2.27. The van der Waals surface area contributed by atoms with Gasteiger partial charge in [0, 0.05) is 19.5 Å². The number of carbonyl (C=O) groups is 1. The monoisotopic (exact) mass is 291 g/mol. The maximum absolute atomic E-state index is 12.5. The van der Waals surface area contributed by atoms with Crippen LogP contribution in [0.3, 0.4) is 0 Å². The van der Waals surface area contributed by atoms with E-state index < -0.39 is 0 Å². The molecule has 22 heavy (non-hydrogen) atoms. The number of hydrogen-bond donors (Lipinski definition) is 0. The largest absolute Gasteiger partial charge is 0.308 e. The van der Waals surface area contributed by atoms with E-state index in [0.717, 1.165) is 36.5 Å². The molecule has 0 unspecified atom stereocenters. The van der Waals surface area contributed by atoms with Crippen LogP contribution in [-0.4, -0.2) is 22.0 Å². The summed E-state index contributed by atoms with van der Waals surface area (Å²) in [7, 11) is 0. The molecule has 2 aromatic carbocycles. The molecule has 0 spiro atoms. The lowest BCUT2D eigenvalue weighted by Gasteiger charge is -2.13. The van der Waals surface area contributed by atoms with Crippen LogP contribution >= 0.6 is 0 Å². The van der Waals surface area contributed by atoms with Gasteiger partial charge in [-0.2, -0.15) is 0 Å². The molecule has 4 heteroatoms. The number of nitrogens with zero attached hydrogens (tertiary/aromatic N) is 3.